The molecule has 13 heteroatoms. The van der Waals surface area contributed by atoms with Gasteiger partial charge in [0.25, 0.3) is 0 Å². The fourth-order valence-corrected chi connectivity index (χ4v) is 5.66. The molecular formula is C42H49N5O8. The maximum atomic E-state index is 12.9. The first-order valence-electron chi connectivity index (χ1n) is 18.5. The van der Waals surface area contributed by atoms with Gasteiger partial charge >= 0.3 is 23.9 Å². The third-order valence-corrected chi connectivity index (χ3v) is 8.78. The Labute approximate surface area is 321 Å². The molecule has 0 aliphatic carbocycles. The first-order valence-corrected chi connectivity index (χ1v) is 18.5. The monoisotopic (exact) mass is 751 g/mol. The number of carbonyl (C=O) groups is 4. The Balaban J connectivity index is 1.30. The molecule has 0 amide bonds. The molecule has 1 aliphatic rings. The number of benzene rings is 4. The van der Waals surface area contributed by atoms with Gasteiger partial charge in [0.2, 0.25) is 0 Å². The Morgan fingerprint density at radius 2 is 0.655 bits per heavy atom. The molecule has 0 spiro atoms. The van der Waals surface area contributed by atoms with Crippen molar-refractivity contribution in [3.8, 4) is 0 Å². The SMILES string of the molecule is O=C(OC[C@@H]1CNCCN[C@H](COC(=O)c2ccccc2)CN[C@H](COC(=O)c2ccccc2)CN[C@H](COC(=O)c2ccccc2)CN1)c1ccccc1. The lowest BCUT2D eigenvalue weighted by molar-refractivity contribution is 0.0408. The van der Waals surface area contributed by atoms with Crippen LogP contribution in [-0.2, 0) is 18.9 Å². The van der Waals surface area contributed by atoms with E-state index in [1.807, 2.05) is 24.3 Å². The Morgan fingerprint density at radius 3 is 0.964 bits per heavy atom. The van der Waals surface area contributed by atoms with E-state index >= 15 is 0 Å². The van der Waals surface area contributed by atoms with Gasteiger partial charge in [-0.25, -0.2) is 19.2 Å². The molecule has 5 rings (SSSR count). The lowest BCUT2D eigenvalue weighted by Crippen LogP contribution is -2.53. The molecule has 4 aromatic rings. The topological polar surface area (TPSA) is 165 Å². The molecule has 0 unspecified atom stereocenters. The van der Waals surface area contributed by atoms with Gasteiger partial charge in [0.05, 0.1) is 46.4 Å². The van der Waals surface area contributed by atoms with Gasteiger partial charge in [-0.1, -0.05) is 72.8 Å². The number of esters is 4. The van der Waals surface area contributed by atoms with Gasteiger partial charge in [0, 0.05) is 39.3 Å². The zero-order valence-electron chi connectivity index (χ0n) is 30.7. The number of hydrogen-bond donors (Lipinski definition) is 5. The number of ether oxygens (including phenoxy) is 4. The Kier molecular flexibility index (Phi) is 16.8. The van der Waals surface area contributed by atoms with Gasteiger partial charge in [-0.15, -0.1) is 0 Å². The zero-order chi connectivity index (χ0) is 38.5. The fourth-order valence-electron chi connectivity index (χ4n) is 5.66. The summed E-state index contributed by atoms with van der Waals surface area (Å²) in [6, 6.07) is 33.7. The van der Waals surface area contributed by atoms with E-state index in [9.17, 15) is 19.2 Å². The molecule has 4 aromatic carbocycles. The number of rotatable bonds is 12. The van der Waals surface area contributed by atoms with E-state index in [0.717, 1.165) is 0 Å². The van der Waals surface area contributed by atoms with Crippen LogP contribution in [0.5, 0.6) is 0 Å². The predicted molar refractivity (Wildman–Crippen MR) is 207 cm³/mol. The number of nitrogens with one attached hydrogen (secondary N) is 5. The maximum absolute atomic E-state index is 12.9. The van der Waals surface area contributed by atoms with Gasteiger partial charge in [-0.05, 0) is 48.5 Å². The molecule has 55 heavy (non-hydrogen) atoms. The van der Waals surface area contributed by atoms with E-state index in [2.05, 4.69) is 26.6 Å². The molecule has 0 aromatic heterocycles. The van der Waals surface area contributed by atoms with E-state index < -0.39 is 23.9 Å². The second-order valence-corrected chi connectivity index (χ2v) is 13.0. The van der Waals surface area contributed by atoms with Gasteiger partial charge in [-0.3, -0.25) is 0 Å². The van der Waals surface area contributed by atoms with Crippen molar-refractivity contribution in [2.45, 2.75) is 24.2 Å². The van der Waals surface area contributed by atoms with Crippen LogP contribution in [0.15, 0.2) is 121 Å². The van der Waals surface area contributed by atoms with Crippen LogP contribution in [0.2, 0.25) is 0 Å². The van der Waals surface area contributed by atoms with Gasteiger partial charge in [0.15, 0.2) is 0 Å². The van der Waals surface area contributed by atoms with Gasteiger partial charge in [-0.2, -0.15) is 0 Å². The van der Waals surface area contributed by atoms with Crippen LogP contribution in [-0.4, -0.2) is 114 Å². The quantitative estimate of drug-likeness (QED) is 0.106. The van der Waals surface area contributed by atoms with E-state index in [-0.39, 0.29) is 50.6 Å². The minimum absolute atomic E-state index is 0.0286. The summed E-state index contributed by atoms with van der Waals surface area (Å²) in [6.07, 6.45) is 0. The standard InChI is InChI=1S/C42H49N5O8/c48-39(31-13-5-1-6-14-31)52-27-35-23-43-21-22-44-36(28-53-40(49)32-15-7-2-8-16-32)24-46-38(30-55-42(51)34-19-11-4-12-20-34)26-47-37(25-45-35)29-54-41(50)33-17-9-3-10-18-33/h1-20,35-38,43-47H,21-30H2/t35-,36-,37-,38-/m0/s1. The minimum Gasteiger partial charge on any atom is -0.460 e. The normalized spacial score (nSPS) is 19.8. The van der Waals surface area contributed by atoms with Crippen LogP contribution in [0.3, 0.4) is 0 Å². The van der Waals surface area contributed by atoms with Gasteiger partial charge in [0.1, 0.15) is 26.4 Å². The van der Waals surface area contributed by atoms with Crippen LogP contribution in [0.1, 0.15) is 41.4 Å². The fraction of sp³-hybridized carbons (Fsp3) is 0.333. The lowest BCUT2D eigenvalue weighted by atomic mass is 10.2. The second-order valence-electron chi connectivity index (χ2n) is 13.0. The summed E-state index contributed by atoms with van der Waals surface area (Å²) in [5, 5.41) is 17.3. The van der Waals surface area contributed by atoms with Crippen LogP contribution >= 0.6 is 0 Å². The zero-order valence-corrected chi connectivity index (χ0v) is 30.7. The van der Waals surface area contributed by atoms with E-state index in [0.29, 0.717) is 61.5 Å². The summed E-state index contributed by atoms with van der Waals surface area (Å²) in [6.45, 7) is 2.83. The third kappa shape index (κ3) is 14.4. The van der Waals surface area contributed by atoms with Crippen molar-refractivity contribution in [1.29, 1.82) is 0 Å². The van der Waals surface area contributed by atoms with E-state index in [1.165, 1.54) is 0 Å². The molecule has 290 valence electrons. The number of hydrogen-bond acceptors (Lipinski definition) is 13. The average molecular weight is 752 g/mol. The molecule has 4 atom stereocenters. The summed E-state index contributed by atoms with van der Waals surface area (Å²) in [5.74, 6) is -1.78. The summed E-state index contributed by atoms with van der Waals surface area (Å²) in [7, 11) is 0. The summed E-state index contributed by atoms with van der Waals surface area (Å²) >= 11 is 0. The Bertz CT molecular complexity index is 1620. The van der Waals surface area contributed by atoms with E-state index in [4.69, 9.17) is 18.9 Å². The highest BCUT2D eigenvalue weighted by molar-refractivity contribution is 5.90. The van der Waals surface area contributed by atoms with Crippen molar-refractivity contribution < 1.29 is 38.1 Å². The highest BCUT2D eigenvalue weighted by Crippen LogP contribution is 2.06. The lowest BCUT2D eigenvalue weighted by Gasteiger charge is -2.27. The summed E-state index contributed by atoms with van der Waals surface area (Å²) < 4.78 is 22.9. The molecule has 0 radical (unpaired) electrons. The van der Waals surface area contributed by atoms with Crippen molar-refractivity contribution in [3.05, 3.63) is 144 Å². The van der Waals surface area contributed by atoms with Crippen molar-refractivity contribution >= 4 is 23.9 Å². The molecule has 13 nitrogen and oxygen atoms in total. The van der Waals surface area contributed by atoms with Gasteiger partial charge < -0.3 is 45.5 Å². The second kappa shape index (κ2) is 22.7. The molecule has 1 heterocycles. The molecule has 1 saturated heterocycles. The molecule has 5 N–H and O–H groups in total. The van der Waals surface area contributed by atoms with Crippen molar-refractivity contribution in [2.75, 3.05) is 65.7 Å². The van der Waals surface area contributed by atoms with Crippen molar-refractivity contribution in [2.24, 2.45) is 0 Å². The molecule has 1 fully saturated rings. The smallest absolute Gasteiger partial charge is 0.338 e. The summed E-state index contributed by atoms with van der Waals surface area (Å²) in [4.78, 5) is 51.5. The van der Waals surface area contributed by atoms with Crippen LogP contribution in [0, 0.1) is 0 Å². The van der Waals surface area contributed by atoms with E-state index in [1.54, 1.807) is 97.1 Å². The van der Waals surface area contributed by atoms with Crippen molar-refractivity contribution in [1.82, 2.24) is 26.6 Å². The largest absolute Gasteiger partial charge is 0.460 e. The minimum atomic E-state index is -0.460. The first kappa shape index (κ1) is 40.7. The Morgan fingerprint density at radius 1 is 0.382 bits per heavy atom. The van der Waals surface area contributed by atoms with Crippen LogP contribution in [0.25, 0.3) is 0 Å². The van der Waals surface area contributed by atoms with Crippen LogP contribution in [0.4, 0.5) is 0 Å². The molecule has 0 bridgehead atoms. The number of carbonyl (C=O) groups excluding carboxylic acids is 4. The van der Waals surface area contributed by atoms with Crippen molar-refractivity contribution in [3.63, 3.8) is 0 Å². The molecular weight excluding hydrogens is 702 g/mol. The average Bonchev–Trinajstić information content (AvgIpc) is 3.25. The van der Waals surface area contributed by atoms with Crippen LogP contribution < -0.4 is 26.6 Å². The molecule has 0 saturated carbocycles. The predicted octanol–water partition coefficient (Wildman–Crippen LogP) is 2.85. The highest BCUT2D eigenvalue weighted by Gasteiger charge is 2.22. The molecule has 1 aliphatic heterocycles. The Hall–Kier alpha value is -5.44. The third-order valence-electron chi connectivity index (χ3n) is 8.78. The first-order chi connectivity index (χ1) is 26.9. The highest BCUT2D eigenvalue weighted by atomic mass is 16.5. The summed E-state index contributed by atoms with van der Waals surface area (Å²) in [5.41, 5.74) is 1.77. The maximum Gasteiger partial charge on any atom is 0.338 e.